The van der Waals surface area contributed by atoms with Crippen LogP contribution >= 0.6 is 0 Å². The monoisotopic (exact) mass is 257 g/mol. The molecule has 0 spiro atoms. The maximum absolute atomic E-state index is 5.41. The summed E-state index contributed by atoms with van der Waals surface area (Å²) < 4.78 is 0. The van der Waals surface area contributed by atoms with E-state index in [4.69, 9.17) is 5.84 Å². The van der Waals surface area contributed by atoms with E-state index in [1.807, 2.05) is 19.1 Å². The van der Waals surface area contributed by atoms with Crippen molar-refractivity contribution < 1.29 is 0 Å². The number of benzene rings is 1. The first-order chi connectivity index (χ1) is 9.25. The number of nitrogens with two attached hydrogens (primary N) is 1. The zero-order chi connectivity index (χ0) is 13.7. The van der Waals surface area contributed by atoms with Crippen molar-refractivity contribution in [2.75, 3.05) is 10.7 Å². The SMILES string of the molecule is CCc1cccc(Nc2cc(NN)nc(CC)n2)c1. The summed E-state index contributed by atoms with van der Waals surface area (Å²) in [6.07, 6.45) is 1.77. The van der Waals surface area contributed by atoms with Gasteiger partial charge in [-0.3, -0.25) is 0 Å². The first kappa shape index (κ1) is 13.3. The van der Waals surface area contributed by atoms with Gasteiger partial charge < -0.3 is 10.7 Å². The lowest BCUT2D eigenvalue weighted by atomic mass is 10.1. The highest BCUT2D eigenvalue weighted by molar-refractivity contribution is 5.59. The number of hydrogen-bond donors (Lipinski definition) is 3. The van der Waals surface area contributed by atoms with Crippen molar-refractivity contribution >= 4 is 17.3 Å². The molecule has 0 saturated heterocycles. The highest BCUT2D eigenvalue weighted by atomic mass is 15.3. The minimum Gasteiger partial charge on any atom is -0.340 e. The molecule has 0 bridgehead atoms. The van der Waals surface area contributed by atoms with Gasteiger partial charge in [-0.15, -0.1) is 0 Å². The molecule has 0 aliphatic rings. The Labute approximate surface area is 113 Å². The largest absolute Gasteiger partial charge is 0.340 e. The van der Waals surface area contributed by atoms with Crippen LogP contribution in [0.4, 0.5) is 17.3 Å². The van der Waals surface area contributed by atoms with Crippen molar-refractivity contribution in [3.8, 4) is 0 Å². The van der Waals surface area contributed by atoms with E-state index in [0.29, 0.717) is 5.82 Å². The van der Waals surface area contributed by atoms with E-state index in [0.717, 1.165) is 30.2 Å². The molecule has 19 heavy (non-hydrogen) atoms. The average molecular weight is 257 g/mol. The van der Waals surface area contributed by atoms with Gasteiger partial charge in [0.05, 0.1) is 0 Å². The summed E-state index contributed by atoms with van der Waals surface area (Å²) in [7, 11) is 0. The molecule has 5 nitrogen and oxygen atoms in total. The lowest BCUT2D eigenvalue weighted by Gasteiger charge is -2.10. The lowest BCUT2D eigenvalue weighted by Crippen LogP contribution is -2.11. The molecule has 0 fully saturated rings. The number of nitrogens with one attached hydrogen (secondary N) is 2. The first-order valence-corrected chi connectivity index (χ1v) is 6.45. The molecule has 1 aromatic carbocycles. The molecule has 0 atom stereocenters. The normalized spacial score (nSPS) is 10.3. The summed E-state index contributed by atoms with van der Waals surface area (Å²) in [5, 5.41) is 3.28. The molecule has 0 radical (unpaired) electrons. The number of rotatable bonds is 5. The van der Waals surface area contributed by atoms with E-state index in [-0.39, 0.29) is 0 Å². The van der Waals surface area contributed by atoms with Crippen LogP contribution in [0.3, 0.4) is 0 Å². The standard InChI is InChI=1S/C14H19N5/c1-3-10-6-5-7-11(8-10)16-13-9-14(19-15)18-12(4-2)17-13/h5-9H,3-4,15H2,1-2H3,(H2,16,17,18,19). The number of aryl methyl sites for hydroxylation is 2. The lowest BCUT2D eigenvalue weighted by molar-refractivity contribution is 0.941. The molecule has 100 valence electrons. The number of hydrazine groups is 1. The second-order valence-corrected chi connectivity index (χ2v) is 4.23. The Morgan fingerprint density at radius 3 is 2.53 bits per heavy atom. The third-order valence-electron chi connectivity index (χ3n) is 2.84. The maximum Gasteiger partial charge on any atom is 0.145 e. The maximum atomic E-state index is 5.41. The molecule has 2 aromatic rings. The van der Waals surface area contributed by atoms with Gasteiger partial charge in [0.2, 0.25) is 0 Å². The molecular weight excluding hydrogens is 238 g/mol. The predicted molar refractivity (Wildman–Crippen MR) is 78.3 cm³/mol. The number of anilines is 3. The molecule has 0 aliphatic heterocycles. The minimum absolute atomic E-state index is 0.612. The number of hydrogen-bond acceptors (Lipinski definition) is 5. The average Bonchev–Trinajstić information content (AvgIpc) is 2.47. The zero-order valence-corrected chi connectivity index (χ0v) is 11.3. The highest BCUT2D eigenvalue weighted by Gasteiger charge is 2.03. The van der Waals surface area contributed by atoms with Gasteiger partial charge in [-0.2, -0.15) is 0 Å². The van der Waals surface area contributed by atoms with Crippen LogP contribution < -0.4 is 16.6 Å². The van der Waals surface area contributed by atoms with Crippen molar-refractivity contribution in [1.29, 1.82) is 0 Å². The summed E-state index contributed by atoms with van der Waals surface area (Å²) in [4.78, 5) is 8.69. The van der Waals surface area contributed by atoms with Crippen LogP contribution in [-0.4, -0.2) is 9.97 Å². The third kappa shape index (κ3) is 3.42. The van der Waals surface area contributed by atoms with Gasteiger partial charge in [0, 0.05) is 18.2 Å². The summed E-state index contributed by atoms with van der Waals surface area (Å²) in [5.41, 5.74) is 4.86. The van der Waals surface area contributed by atoms with Crippen molar-refractivity contribution in [2.45, 2.75) is 26.7 Å². The van der Waals surface area contributed by atoms with Crippen LogP contribution in [0.2, 0.25) is 0 Å². The summed E-state index contributed by atoms with van der Waals surface area (Å²) in [6.45, 7) is 4.15. The first-order valence-electron chi connectivity index (χ1n) is 6.45. The quantitative estimate of drug-likeness (QED) is 0.567. The van der Waals surface area contributed by atoms with E-state index in [9.17, 15) is 0 Å². The van der Waals surface area contributed by atoms with Crippen molar-refractivity contribution in [1.82, 2.24) is 9.97 Å². The molecule has 2 rings (SSSR count). The van der Waals surface area contributed by atoms with Gasteiger partial charge in [-0.25, -0.2) is 15.8 Å². The van der Waals surface area contributed by atoms with Crippen LogP contribution in [0, 0.1) is 0 Å². The Balaban J connectivity index is 2.26. The predicted octanol–water partition coefficient (Wildman–Crippen LogP) is 2.63. The molecule has 4 N–H and O–H groups in total. The Morgan fingerprint density at radius 1 is 1.05 bits per heavy atom. The molecule has 0 unspecified atom stereocenters. The van der Waals surface area contributed by atoms with Crippen LogP contribution in [0.1, 0.15) is 25.2 Å². The Bertz CT molecular complexity index is 531. The van der Waals surface area contributed by atoms with Gasteiger partial charge in [0.1, 0.15) is 17.5 Å². The minimum atomic E-state index is 0.612. The van der Waals surface area contributed by atoms with Gasteiger partial charge in [-0.05, 0) is 24.1 Å². The summed E-state index contributed by atoms with van der Waals surface area (Å²) >= 11 is 0. The van der Waals surface area contributed by atoms with Crippen LogP contribution in [0.25, 0.3) is 0 Å². The number of nitrogens with zero attached hydrogens (tertiary/aromatic N) is 2. The van der Waals surface area contributed by atoms with Gasteiger partial charge in [-0.1, -0.05) is 26.0 Å². The topological polar surface area (TPSA) is 75.9 Å². The van der Waals surface area contributed by atoms with E-state index < -0.39 is 0 Å². The van der Waals surface area contributed by atoms with Crippen molar-refractivity contribution in [3.63, 3.8) is 0 Å². The van der Waals surface area contributed by atoms with Gasteiger partial charge in [0.15, 0.2) is 0 Å². The molecule has 0 amide bonds. The van der Waals surface area contributed by atoms with Gasteiger partial charge >= 0.3 is 0 Å². The fourth-order valence-corrected chi connectivity index (χ4v) is 1.81. The van der Waals surface area contributed by atoms with Crippen molar-refractivity contribution in [2.24, 2.45) is 5.84 Å². The fourth-order valence-electron chi connectivity index (χ4n) is 1.81. The van der Waals surface area contributed by atoms with Crippen LogP contribution in [0.5, 0.6) is 0 Å². The number of aromatic nitrogens is 2. The summed E-state index contributed by atoms with van der Waals surface area (Å²) in [6, 6.07) is 10.1. The Morgan fingerprint density at radius 2 is 1.84 bits per heavy atom. The van der Waals surface area contributed by atoms with Crippen LogP contribution in [0.15, 0.2) is 30.3 Å². The van der Waals surface area contributed by atoms with E-state index >= 15 is 0 Å². The molecule has 1 heterocycles. The van der Waals surface area contributed by atoms with E-state index in [1.165, 1.54) is 5.56 Å². The molecular formula is C14H19N5. The summed E-state index contributed by atoms with van der Waals surface area (Å²) in [5.74, 6) is 7.52. The van der Waals surface area contributed by atoms with E-state index in [1.54, 1.807) is 6.07 Å². The third-order valence-corrected chi connectivity index (χ3v) is 2.84. The molecule has 0 aliphatic carbocycles. The highest BCUT2D eigenvalue weighted by Crippen LogP contribution is 2.18. The number of nitrogen functional groups attached to an aromatic ring is 1. The molecule has 1 aromatic heterocycles. The second kappa shape index (κ2) is 6.15. The van der Waals surface area contributed by atoms with E-state index in [2.05, 4.69) is 39.8 Å². The Hall–Kier alpha value is -2.14. The zero-order valence-electron chi connectivity index (χ0n) is 11.3. The fraction of sp³-hybridized carbons (Fsp3) is 0.286. The van der Waals surface area contributed by atoms with Gasteiger partial charge in [0.25, 0.3) is 0 Å². The Kier molecular flexibility index (Phi) is 4.30. The smallest absolute Gasteiger partial charge is 0.145 e. The molecule has 5 heteroatoms. The second-order valence-electron chi connectivity index (χ2n) is 4.23. The van der Waals surface area contributed by atoms with Crippen molar-refractivity contribution in [3.05, 3.63) is 41.7 Å². The van der Waals surface area contributed by atoms with Crippen LogP contribution in [-0.2, 0) is 12.8 Å². The molecule has 0 saturated carbocycles.